The molecule has 2 aliphatic carbocycles. The van der Waals surface area contributed by atoms with E-state index in [1.54, 1.807) is 0 Å². The summed E-state index contributed by atoms with van der Waals surface area (Å²) in [5, 5.41) is 0. The molecular formula is C13H23BrOSi. The van der Waals surface area contributed by atoms with Crippen molar-refractivity contribution in [3.63, 3.8) is 0 Å². The monoisotopic (exact) mass is 302 g/mol. The summed E-state index contributed by atoms with van der Waals surface area (Å²) in [4.78, 5) is 0. The van der Waals surface area contributed by atoms with Gasteiger partial charge in [-0.2, -0.15) is 0 Å². The Morgan fingerprint density at radius 3 is 2.19 bits per heavy atom. The lowest BCUT2D eigenvalue weighted by Gasteiger charge is -2.38. The summed E-state index contributed by atoms with van der Waals surface area (Å²) in [7, 11) is -1.50. The van der Waals surface area contributed by atoms with Crippen LogP contribution in [0.1, 0.15) is 33.6 Å². The van der Waals surface area contributed by atoms with Crippen LogP contribution >= 0.6 is 15.9 Å². The van der Waals surface area contributed by atoms with Crippen molar-refractivity contribution in [1.29, 1.82) is 0 Å². The number of halogens is 1. The van der Waals surface area contributed by atoms with Gasteiger partial charge in [-0.3, -0.25) is 0 Å². The first-order valence-corrected chi connectivity index (χ1v) is 10.4. The molecule has 0 amide bonds. The average Bonchev–Trinajstić information content (AvgIpc) is 2.38. The van der Waals surface area contributed by atoms with E-state index >= 15 is 0 Å². The van der Waals surface area contributed by atoms with Crippen molar-refractivity contribution in [2.75, 3.05) is 0 Å². The fraction of sp³-hybridized carbons (Fsp3) is 0.846. The minimum Gasteiger partial charge on any atom is -0.546 e. The zero-order valence-electron chi connectivity index (χ0n) is 11.3. The van der Waals surface area contributed by atoms with Crippen molar-refractivity contribution in [1.82, 2.24) is 0 Å². The van der Waals surface area contributed by atoms with Gasteiger partial charge in [0.25, 0.3) is 0 Å². The van der Waals surface area contributed by atoms with Crippen molar-refractivity contribution < 1.29 is 4.43 Å². The molecule has 0 spiro atoms. The zero-order valence-corrected chi connectivity index (χ0v) is 13.9. The second kappa shape index (κ2) is 3.38. The third-order valence-electron chi connectivity index (χ3n) is 4.66. The lowest BCUT2D eigenvalue weighted by atomic mass is 9.70. The molecule has 3 heteroatoms. The van der Waals surface area contributed by atoms with Crippen LogP contribution in [0, 0.1) is 16.7 Å². The first kappa shape index (κ1) is 12.7. The van der Waals surface area contributed by atoms with E-state index in [-0.39, 0.29) is 5.41 Å². The summed E-state index contributed by atoms with van der Waals surface area (Å²) >= 11 is 3.80. The Labute approximate surface area is 109 Å². The van der Waals surface area contributed by atoms with E-state index in [0.717, 1.165) is 0 Å². The maximum absolute atomic E-state index is 6.36. The number of fused-ring (bicyclic) bond motifs is 2. The molecule has 1 nitrogen and oxygen atoms in total. The van der Waals surface area contributed by atoms with Crippen molar-refractivity contribution in [2.45, 2.75) is 53.3 Å². The predicted molar refractivity (Wildman–Crippen MR) is 75.0 cm³/mol. The molecule has 0 saturated heterocycles. The van der Waals surface area contributed by atoms with Crippen LogP contribution in [0.15, 0.2) is 10.2 Å². The molecule has 16 heavy (non-hydrogen) atoms. The SMILES string of the molecule is CC1(C)[C@@H]2CC[C@@]1(C)C(O[Si](C)(C)C)=C2Br. The molecule has 0 radical (unpaired) electrons. The van der Waals surface area contributed by atoms with Crippen LogP contribution in [0.5, 0.6) is 0 Å². The second-order valence-corrected chi connectivity index (χ2v) is 12.3. The summed E-state index contributed by atoms with van der Waals surface area (Å²) in [6.07, 6.45) is 2.59. The van der Waals surface area contributed by atoms with E-state index < -0.39 is 8.32 Å². The maximum atomic E-state index is 6.36. The highest BCUT2D eigenvalue weighted by Crippen LogP contribution is 2.69. The van der Waals surface area contributed by atoms with Crippen molar-refractivity contribution >= 4 is 24.2 Å². The van der Waals surface area contributed by atoms with Gasteiger partial charge in [-0.1, -0.05) is 36.7 Å². The van der Waals surface area contributed by atoms with Gasteiger partial charge in [0.05, 0.1) is 5.76 Å². The fourth-order valence-corrected chi connectivity index (χ4v) is 5.66. The molecule has 1 fully saturated rings. The third-order valence-corrected chi connectivity index (χ3v) is 6.39. The summed E-state index contributed by atoms with van der Waals surface area (Å²) in [6, 6.07) is 0. The molecule has 0 N–H and O–H groups in total. The normalized spacial score (nSPS) is 37.1. The molecule has 92 valence electrons. The van der Waals surface area contributed by atoms with Crippen molar-refractivity contribution in [3.05, 3.63) is 10.2 Å². The van der Waals surface area contributed by atoms with E-state index in [1.165, 1.54) is 23.1 Å². The van der Waals surface area contributed by atoms with Gasteiger partial charge in [-0.05, 0) is 43.8 Å². The number of hydrogen-bond acceptors (Lipinski definition) is 1. The second-order valence-electron chi connectivity index (χ2n) is 7.04. The van der Waals surface area contributed by atoms with Crippen LogP contribution in [-0.2, 0) is 4.43 Å². The van der Waals surface area contributed by atoms with Gasteiger partial charge in [0.2, 0.25) is 8.32 Å². The topological polar surface area (TPSA) is 9.23 Å². The van der Waals surface area contributed by atoms with Gasteiger partial charge in [-0.15, -0.1) is 0 Å². The average molecular weight is 303 g/mol. The van der Waals surface area contributed by atoms with Crippen LogP contribution in [0.2, 0.25) is 19.6 Å². The molecule has 0 aromatic carbocycles. The molecule has 2 aliphatic rings. The van der Waals surface area contributed by atoms with Gasteiger partial charge in [-0.25, -0.2) is 0 Å². The number of rotatable bonds is 2. The number of allylic oxidation sites excluding steroid dienone is 2. The molecule has 0 unspecified atom stereocenters. The van der Waals surface area contributed by atoms with Crippen molar-refractivity contribution in [2.24, 2.45) is 16.7 Å². The quantitative estimate of drug-likeness (QED) is 0.659. The summed E-state index contributed by atoms with van der Waals surface area (Å²) in [6.45, 7) is 14.0. The Balaban J connectivity index is 2.40. The Kier molecular flexibility index (Phi) is 2.68. The smallest absolute Gasteiger partial charge is 0.241 e. The van der Waals surface area contributed by atoms with E-state index in [1.807, 2.05) is 0 Å². The minimum atomic E-state index is -1.50. The third kappa shape index (κ3) is 1.54. The molecule has 2 rings (SSSR count). The molecule has 0 heterocycles. The number of hydrogen-bond donors (Lipinski definition) is 0. The Bertz CT molecular complexity index is 353. The first-order valence-electron chi connectivity index (χ1n) is 6.19. The Morgan fingerprint density at radius 1 is 1.25 bits per heavy atom. The highest BCUT2D eigenvalue weighted by atomic mass is 79.9. The zero-order chi connectivity index (χ0) is 12.4. The highest BCUT2D eigenvalue weighted by molar-refractivity contribution is 9.11. The summed E-state index contributed by atoms with van der Waals surface area (Å²) in [5.74, 6) is 1.94. The van der Waals surface area contributed by atoms with Gasteiger partial charge < -0.3 is 4.43 Å². The maximum Gasteiger partial charge on any atom is 0.241 e. The standard InChI is InChI=1S/C13H23BrOSi/c1-12(2)9-7-8-13(12,3)11(10(9)14)15-16(4,5)6/h9H,7-8H2,1-6H3/t9-,13+/m1/s1. The Hall–Kier alpha value is 0.237. The van der Waals surface area contributed by atoms with Gasteiger partial charge in [0, 0.05) is 9.90 Å². The lowest BCUT2D eigenvalue weighted by Crippen LogP contribution is -2.35. The van der Waals surface area contributed by atoms with E-state index in [0.29, 0.717) is 11.3 Å². The summed E-state index contributed by atoms with van der Waals surface area (Å²) in [5.41, 5.74) is 0.595. The van der Waals surface area contributed by atoms with Gasteiger partial charge in [0.1, 0.15) is 0 Å². The molecule has 1 saturated carbocycles. The van der Waals surface area contributed by atoms with Crippen LogP contribution < -0.4 is 0 Å². The van der Waals surface area contributed by atoms with Gasteiger partial charge in [0.15, 0.2) is 0 Å². The lowest BCUT2D eigenvalue weighted by molar-refractivity contribution is 0.128. The van der Waals surface area contributed by atoms with Crippen LogP contribution in [-0.4, -0.2) is 8.32 Å². The van der Waals surface area contributed by atoms with Crippen LogP contribution in [0.3, 0.4) is 0 Å². The van der Waals surface area contributed by atoms with Crippen LogP contribution in [0.25, 0.3) is 0 Å². The summed E-state index contributed by atoms with van der Waals surface area (Å²) < 4.78 is 7.71. The molecule has 0 aliphatic heterocycles. The van der Waals surface area contributed by atoms with E-state index in [4.69, 9.17) is 4.43 Å². The molecular weight excluding hydrogens is 280 g/mol. The molecule has 2 bridgehead atoms. The molecule has 0 aromatic heterocycles. The van der Waals surface area contributed by atoms with Crippen molar-refractivity contribution in [3.8, 4) is 0 Å². The van der Waals surface area contributed by atoms with Gasteiger partial charge >= 0.3 is 0 Å². The first-order chi connectivity index (χ1) is 7.09. The van der Waals surface area contributed by atoms with E-state index in [2.05, 4.69) is 56.3 Å². The minimum absolute atomic E-state index is 0.247. The van der Waals surface area contributed by atoms with E-state index in [9.17, 15) is 0 Å². The van der Waals surface area contributed by atoms with Crippen LogP contribution in [0.4, 0.5) is 0 Å². The molecule has 2 atom stereocenters. The Morgan fingerprint density at radius 2 is 1.81 bits per heavy atom. The highest BCUT2D eigenvalue weighted by Gasteiger charge is 2.61. The molecule has 0 aromatic rings. The predicted octanol–water partition coefficient (Wildman–Crippen LogP) is 4.90. The fourth-order valence-electron chi connectivity index (χ4n) is 3.24. The largest absolute Gasteiger partial charge is 0.546 e.